The summed E-state index contributed by atoms with van der Waals surface area (Å²) in [6.45, 7) is 3.16. The summed E-state index contributed by atoms with van der Waals surface area (Å²) in [6, 6.07) is 8.15. The second kappa shape index (κ2) is 5.71. The fraction of sp³-hybridized carbons (Fsp3) is 0.533. The highest BCUT2D eigenvalue weighted by Gasteiger charge is 2.31. The Bertz CT molecular complexity index is 469. The van der Waals surface area contributed by atoms with Crippen LogP contribution in [-0.4, -0.2) is 38.4 Å². The molecule has 2 fully saturated rings. The zero-order valence-electron chi connectivity index (χ0n) is 11.6. The van der Waals surface area contributed by atoms with Crippen molar-refractivity contribution in [3.8, 4) is 0 Å². The molecule has 0 saturated carbocycles. The molecule has 20 heavy (non-hydrogen) atoms. The van der Waals surface area contributed by atoms with E-state index in [4.69, 9.17) is 10.5 Å². The number of amides is 1. The zero-order chi connectivity index (χ0) is 13.9. The summed E-state index contributed by atoms with van der Waals surface area (Å²) in [5, 5.41) is 0. The van der Waals surface area contributed by atoms with Crippen molar-refractivity contribution in [1.82, 2.24) is 0 Å². The summed E-state index contributed by atoms with van der Waals surface area (Å²) in [5.74, 6) is 0. The highest BCUT2D eigenvalue weighted by molar-refractivity contribution is 5.90. The third-order valence-electron chi connectivity index (χ3n) is 4.02. The van der Waals surface area contributed by atoms with Crippen molar-refractivity contribution in [3.05, 3.63) is 24.3 Å². The molecule has 2 N–H and O–H groups in total. The molecule has 2 heterocycles. The number of nitrogens with two attached hydrogens (primary N) is 1. The largest absolute Gasteiger partial charge is 0.443 e. The summed E-state index contributed by atoms with van der Waals surface area (Å²) in [7, 11) is 0. The maximum absolute atomic E-state index is 11.8. The molecule has 1 amide bonds. The Hall–Kier alpha value is -1.75. The molecule has 3 rings (SSSR count). The molecule has 1 atom stereocenters. The maximum Gasteiger partial charge on any atom is 0.414 e. The number of ether oxygens (including phenoxy) is 1. The van der Waals surface area contributed by atoms with Gasteiger partial charge in [-0.25, -0.2) is 4.79 Å². The number of carbonyl (C=O) groups excluding carboxylic acids is 1. The Morgan fingerprint density at radius 1 is 1.10 bits per heavy atom. The molecule has 5 heteroatoms. The highest BCUT2D eigenvalue weighted by atomic mass is 16.6. The lowest BCUT2D eigenvalue weighted by molar-refractivity contribution is 0.145. The van der Waals surface area contributed by atoms with E-state index in [1.165, 1.54) is 24.9 Å². The number of cyclic esters (lactones) is 1. The van der Waals surface area contributed by atoms with Crippen LogP contribution < -0.4 is 15.5 Å². The van der Waals surface area contributed by atoms with Gasteiger partial charge in [0.2, 0.25) is 0 Å². The van der Waals surface area contributed by atoms with E-state index in [0.717, 1.165) is 18.8 Å². The minimum absolute atomic E-state index is 0.190. The SMILES string of the molecule is NCC1CN(c2ccc(N3CCCCC3)cc2)C(=O)O1. The Morgan fingerprint density at radius 2 is 1.75 bits per heavy atom. The van der Waals surface area contributed by atoms with Gasteiger partial charge in [0.1, 0.15) is 6.10 Å². The standard InChI is InChI=1S/C15H21N3O2/c16-10-14-11-18(15(19)20-14)13-6-4-12(5-7-13)17-8-2-1-3-9-17/h4-7,14H,1-3,8-11,16H2. The number of carbonyl (C=O) groups is 1. The van der Waals surface area contributed by atoms with Crippen molar-refractivity contribution in [2.75, 3.05) is 36.0 Å². The molecule has 5 nitrogen and oxygen atoms in total. The molecule has 108 valence electrons. The van der Waals surface area contributed by atoms with Gasteiger partial charge in [-0.1, -0.05) is 0 Å². The molecule has 1 unspecified atom stereocenters. The molecule has 0 radical (unpaired) electrons. The topological polar surface area (TPSA) is 58.8 Å². The number of anilines is 2. The number of nitrogens with zero attached hydrogens (tertiary/aromatic N) is 2. The van der Waals surface area contributed by atoms with Crippen molar-refractivity contribution in [2.45, 2.75) is 25.4 Å². The first kappa shape index (κ1) is 13.2. The molecule has 0 bridgehead atoms. The first-order valence-electron chi connectivity index (χ1n) is 7.31. The lowest BCUT2D eigenvalue weighted by atomic mass is 10.1. The predicted octanol–water partition coefficient (Wildman–Crippen LogP) is 1.96. The summed E-state index contributed by atoms with van der Waals surface area (Å²) in [6.07, 6.45) is 3.36. The van der Waals surface area contributed by atoms with E-state index in [0.29, 0.717) is 13.1 Å². The number of hydrogen-bond acceptors (Lipinski definition) is 4. The lowest BCUT2D eigenvalue weighted by Crippen LogP contribution is -2.29. The molecule has 0 aliphatic carbocycles. The third kappa shape index (κ3) is 2.58. The van der Waals surface area contributed by atoms with Crippen LogP contribution in [0.25, 0.3) is 0 Å². The van der Waals surface area contributed by atoms with Crippen LogP contribution >= 0.6 is 0 Å². The van der Waals surface area contributed by atoms with E-state index in [-0.39, 0.29) is 12.2 Å². The first-order chi connectivity index (χ1) is 9.78. The average molecular weight is 275 g/mol. The van der Waals surface area contributed by atoms with Gasteiger partial charge in [0.25, 0.3) is 0 Å². The number of piperidine rings is 1. The van der Waals surface area contributed by atoms with Gasteiger partial charge in [-0.05, 0) is 43.5 Å². The van der Waals surface area contributed by atoms with Crippen LogP contribution in [0.3, 0.4) is 0 Å². The molecule has 0 aromatic heterocycles. The van der Waals surface area contributed by atoms with Crippen molar-refractivity contribution < 1.29 is 9.53 Å². The van der Waals surface area contributed by atoms with Crippen LogP contribution in [0.2, 0.25) is 0 Å². The molecule has 0 spiro atoms. The second-order valence-electron chi connectivity index (χ2n) is 5.42. The van der Waals surface area contributed by atoms with Crippen LogP contribution in [0, 0.1) is 0 Å². The van der Waals surface area contributed by atoms with Gasteiger partial charge in [-0.2, -0.15) is 0 Å². The second-order valence-corrected chi connectivity index (χ2v) is 5.42. The van der Waals surface area contributed by atoms with E-state index in [1.54, 1.807) is 4.90 Å². The summed E-state index contributed by atoms with van der Waals surface area (Å²) < 4.78 is 5.18. The van der Waals surface area contributed by atoms with Crippen LogP contribution in [0.5, 0.6) is 0 Å². The normalized spacial score (nSPS) is 23.1. The molecule has 2 saturated heterocycles. The van der Waals surface area contributed by atoms with E-state index in [1.807, 2.05) is 12.1 Å². The molecular weight excluding hydrogens is 254 g/mol. The van der Waals surface area contributed by atoms with Gasteiger partial charge in [-0.15, -0.1) is 0 Å². The van der Waals surface area contributed by atoms with Crippen LogP contribution in [0.1, 0.15) is 19.3 Å². The molecule has 2 aliphatic heterocycles. The Balaban J connectivity index is 1.71. The first-order valence-corrected chi connectivity index (χ1v) is 7.31. The van der Waals surface area contributed by atoms with E-state index >= 15 is 0 Å². The van der Waals surface area contributed by atoms with Gasteiger partial charge in [0, 0.05) is 31.0 Å². The van der Waals surface area contributed by atoms with Crippen LogP contribution in [0.4, 0.5) is 16.2 Å². The van der Waals surface area contributed by atoms with E-state index < -0.39 is 0 Å². The summed E-state index contributed by atoms with van der Waals surface area (Å²) >= 11 is 0. The van der Waals surface area contributed by atoms with Gasteiger partial charge in [-0.3, -0.25) is 4.90 Å². The minimum atomic E-state index is -0.300. The van der Waals surface area contributed by atoms with Gasteiger partial charge in [0.15, 0.2) is 0 Å². The van der Waals surface area contributed by atoms with Gasteiger partial charge in [0.05, 0.1) is 6.54 Å². The van der Waals surface area contributed by atoms with E-state index in [2.05, 4.69) is 17.0 Å². The average Bonchev–Trinajstić information content (AvgIpc) is 2.89. The lowest BCUT2D eigenvalue weighted by Gasteiger charge is -2.29. The summed E-state index contributed by atoms with van der Waals surface area (Å²) in [5.41, 5.74) is 7.66. The quantitative estimate of drug-likeness (QED) is 0.916. The molecule has 1 aromatic carbocycles. The van der Waals surface area contributed by atoms with Crippen molar-refractivity contribution in [1.29, 1.82) is 0 Å². The van der Waals surface area contributed by atoms with Crippen LogP contribution in [-0.2, 0) is 4.74 Å². The molecular formula is C15H21N3O2. The number of hydrogen-bond donors (Lipinski definition) is 1. The Morgan fingerprint density at radius 3 is 2.35 bits per heavy atom. The van der Waals surface area contributed by atoms with Crippen molar-refractivity contribution in [3.63, 3.8) is 0 Å². The van der Waals surface area contributed by atoms with Gasteiger partial charge < -0.3 is 15.4 Å². The minimum Gasteiger partial charge on any atom is -0.443 e. The monoisotopic (exact) mass is 275 g/mol. The zero-order valence-corrected chi connectivity index (χ0v) is 11.6. The number of benzene rings is 1. The summed E-state index contributed by atoms with van der Waals surface area (Å²) in [4.78, 5) is 15.8. The molecule has 2 aliphatic rings. The fourth-order valence-electron chi connectivity index (χ4n) is 2.85. The van der Waals surface area contributed by atoms with E-state index in [9.17, 15) is 4.79 Å². The Labute approximate surface area is 119 Å². The van der Waals surface area contributed by atoms with Crippen LogP contribution in [0.15, 0.2) is 24.3 Å². The fourth-order valence-corrected chi connectivity index (χ4v) is 2.85. The maximum atomic E-state index is 11.8. The third-order valence-corrected chi connectivity index (χ3v) is 4.02. The molecule has 1 aromatic rings. The van der Waals surface area contributed by atoms with Crippen molar-refractivity contribution in [2.24, 2.45) is 5.73 Å². The van der Waals surface area contributed by atoms with Crippen molar-refractivity contribution >= 4 is 17.5 Å². The number of rotatable bonds is 3. The van der Waals surface area contributed by atoms with Gasteiger partial charge >= 0.3 is 6.09 Å². The Kier molecular flexibility index (Phi) is 3.78. The highest BCUT2D eigenvalue weighted by Crippen LogP contribution is 2.26. The smallest absolute Gasteiger partial charge is 0.414 e. The predicted molar refractivity (Wildman–Crippen MR) is 79.2 cm³/mol.